The summed E-state index contributed by atoms with van der Waals surface area (Å²) >= 11 is 3.52. The Labute approximate surface area is 99.8 Å². The minimum Gasteiger partial charge on any atom is -0.371 e. The van der Waals surface area contributed by atoms with Gasteiger partial charge in [-0.05, 0) is 38.1 Å². The average molecular weight is 269 g/mol. The van der Waals surface area contributed by atoms with E-state index in [0.29, 0.717) is 6.04 Å². The standard InChI is InChI=1S/C12H17BrN2/c1-14-11-5-7-15(8-6-11)12-4-2-3-10(13)9-12/h2-4,9,11,14H,5-8H2,1H3. The van der Waals surface area contributed by atoms with Crippen molar-refractivity contribution >= 4 is 21.6 Å². The maximum Gasteiger partial charge on any atom is 0.0377 e. The number of hydrogen-bond acceptors (Lipinski definition) is 2. The van der Waals surface area contributed by atoms with Gasteiger partial charge in [-0.3, -0.25) is 0 Å². The summed E-state index contributed by atoms with van der Waals surface area (Å²) in [7, 11) is 2.05. The summed E-state index contributed by atoms with van der Waals surface area (Å²) in [6, 6.07) is 9.26. The average Bonchev–Trinajstić information content (AvgIpc) is 2.29. The fourth-order valence-electron chi connectivity index (χ4n) is 2.10. The lowest BCUT2D eigenvalue weighted by Crippen LogP contribution is -2.41. The summed E-state index contributed by atoms with van der Waals surface area (Å²) in [5.41, 5.74) is 1.33. The minimum atomic E-state index is 0.702. The van der Waals surface area contributed by atoms with E-state index in [0.717, 1.165) is 17.6 Å². The normalized spacial score (nSPS) is 18.1. The van der Waals surface area contributed by atoms with Crippen molar-refractivity contribution in [3.05, 3.63) is 28.7 Å². The van der Waals surface area contributed by atoms with Gasteiger partial charge in [0.05, 0.1) is 0 Å². The molecule has 1 saturated heterocycles. The molecule has 0 radical (unpaired) electrons. The van der Waals surface area contributed by atoms with Crippen molar-refractivity contribution in [3.63, 3.8) is 0 Å². The van der Waals surface area contributed by atoms with E-state index in [1.807, 2.05) is 0 Å². The molecule has 2 nitrogen and oxygen atoms in total. The van der Waals surface area contributed by atoms with Crippen LogP contribution < -0.4 is 10.2 Å². The number of anilines is 1. The van der Waals surface area contributed by atoms with Gasteiger partial charge < -0.3 is 10.2 Å². The summed E-state index contributed by atoms with van der Waals surface area (Å²) in [5, 5.41) is 3.35. The van der Waals surface area contributed by atoms with E-state index in [4.69, 9.17) is 0 Å². The molecule has 0 atom stereocenters. The molecular weight excluding hydrogens is 252 g/mol. The smallest absolute Gasteiger partial charge is 0.0377 e. The molecule has 3 heteroatoms. The van der Waals surface area contributed by atoms with Crippen LogP contribution in [0.25, 0.3) is 0 Å². The summed E-state index contributed by atoms with van der Waals surface area (Å²) in [5.74, 6) is 0. The van der Waals surface area contributed by atoms with Crippen molar-refractivity contribution in [2.24, 2.45) is 0 Å². The van der Waals surface area contributed by atoms with E-state index in [-0.39, 0.29) is 0 Å². The lowest BCUT2D eigenvalue weighted by Gasteiger charge is -2.33. The van der Waals surface area contributed by atoms with Gasteiger partial charge in [-0.1, -0.05) is 22.0 Å². The van der Waals surface area contributed by atoms with Gasteiger partial charge in [0, 0.05) is 29.3 Å². The van der Waals surface area contributed by atoms with Crippen LogP contribution in [-0.2, 0) is 0 Å². The number of benzene rings is 1. The Morgan fingerprint density at radius 3 is 2.67 bits per heavy atom. The fourth-order valence-corrected chi connectivity index (χ4v) is 2.49. The molecule has 1 N–H and O–H groups in total. The molecule has 0 bridgehead atoms. The lowest BCUT2D eigenvalue weighted by molar-refractivity contribution is 0.442. The molecule has 0 amide bonds. The van der Waals surface area contributed by atoms with E-state index in [1.54, 1.807) is 0 Å². The van der Waals surface area contributed by atoms with Gasteiger partial charge in [-0.25, -0.2) is 0 Å². The summed E-state index contributed by atoms with van der Waals surface area (Å²) in [6.07, 6.45) is 2.48. The first-order valence-electron chi connectivity index (χ1n) is 5.47. The lowest BCUT2D eigenvalue weighted by atomic mass is 10.0. The first kappa shape index (κ1) is 11.0. The molecule has 1 aromatic rings. The molecule has 1 heterocycles. The van der Waals surface area contributed by atoms with Crippen molar-refractivity contribution in [1.29, 1.82) is 0 Å². The maximum absolute atomic E-state index is 3.52. The second-order valence-electron chi connectivity index (χ2n) is 4.03. The van der Waals surface area contributed by atoms with Gasteiger partial charge in [-0.15, -0.1) is 0 Å². The zero-order chi connectivity index (χ0) is 10.7. The van der Waals surface area contributed by atoms with Crippen LogP contribution in [-0.4, -0.2) is 26.2 Å². The first-order valence-corrected chi connectivity index (χ1v) is 6.26. The molecule has 82 valence electrons. The quantitative estimate of drug-likeness (QED) is 0.888. The van der Waals surface area contributed by atoms with E-state index in [2.05, 4.69) is 57.5 Å². The Morgan fingerprint density at radius 2 is 2.07 bits per heavy atom. The predicted octanol–water partition coefficient (Wildman–Crippen LogP) is 2.64. The maximum atomic E-state index is 3.52. The molecule has 1 aromatic carbocycles. The van der Waals surface area contributed by atoms with Gasteiger partial charge in [0.1, 0.15) is 0 Å². The van der Waals surface area contributed by atoms with Crippen LogP contribution in [0.4, 0.5) is 5.69 Å². The van der Waals surface area contributed by atoms with Crippen LogP contribution in [0.1, 0.15) is 12.8 Å². The highest BCUT2D eigenvalue weighted by atomic mass is 79.9. The molecule has 1 aliphatic heterocycles. The molecule has 2 rings (SSSR count). The monoisotopic (exact) mass is 268 g/mol. The SMILES string of the molecule is CNC1CCN(c2cccc(Br)c2)CC1. The number of nitrogens with one attached hydrogen (secondary N) is 1. The number of halogens is 1. The molecule has 15 heavy (non-hydrogen) atoms. The Morgan fingerprint density at radius 1 is 1.33 bits per heavy atom. The number of piperidine rings is 1. The fraction of sp³-hybridized carbons (Fsp3) is 0.500. The van der Waals surface area contributed by atoms with Crippen LogP contribution in [0.2, 0.25) is 0 Å². The van der Waals surface area contributed by atoms with Crippen molar-refractivity contribution in [2.45, 2.75) is 18.9 Å². The summed E-state index contributed by atoms with van der Waals surface area (Å²) < 4.78 is 1.16. The second-order valence-corrected chi connectivity index (χ2v) is 4.95. The summed E-state index contributed by atoms with van der Waals surface area (Å²) in [4.78, 5) is 2.46. The third-order valence-corrected chi connectivity index (χ3v) is 3.57. The Balaban J connectivity index is 2.01. The number of nitrogens with zero attached hydrogens (tertiary/aromatic N) is 1. The van der Waals surface area contributed by atoms with E-state index < -0.39 is 0 Å². The molecule has 0 aliphatic carbocycles. The van der Waals surface area contributed by atoms with E-state index in [9.17, 15) is 0 Å². The second kappa shape index (κ2) is 4.99. The van der Waals surface area contributed by atoms with Gasteiger partial charge in [0.25, 0.3) is 0 Å². The predicted molar refractivity (Wildman–Crippen MR) is 68.4 cm³/mol. The van der Waals surface area contributed by atoms with Gasteiger partial charge in [0.15, 0.2) is 0 Å². The molecule has 0 aromatic heterocycles. The van der Waals surface area contributed by atoms with Gasteiger partial charge >= 0.3 is 0 Å². The van der Waals surface area contributed by atoms with Crippen LogP contribution >= 0.6 is 15.9 Å². The zero-order valence-electron chi connectivity index (χ0n) is 9.04. The summed E-state index contributed by atoms with van der Waals surface area (Å²) in [6.45, 7) is 2.31. The molecule has 0 spiro atoms. The molecule has 0 unspecified atom stereocenters. The topological polar surface area (TPSA) is 15.3 Å². The van der Waals surface area contributed by atoms with Gasteiger partial charge in [0.2, 0.25) is 0 Å². The third-order valence-electron chi connectivity index (χ3n) is 3.08. The highest BCUT2D eigenvalue weighted by Gasteiger charge is 2.17. The number of hydrogen-bond donors (Lipinski definition) is 1. The largest absolute Gasteiger partial charge is 0.371 e. The first-order chi connectivity index (χ1) is 7.29. The molecule has 0 saturated carbocycles. The van der Waals surface area contributed by atoms with Gasteiger partial charge in [-0.2, -0.15) is 0 Å². The van der Waals surface area contributed by atoms with Crippen molar-refractivity contribution < 1.29 is 0 Å². The molecule has 1 fully saturated rings. The minimum absolute atomic E-state index is 0.702. The van der Waals surface area contributed by atoms with Crippen molar-refractivity contribution in [1.82, 2.24) is 5.32 Å². The third kappa shape index (κ3) is 2.73. The molecule has 1 aliphatic rings. The van der Waals surface area contributed by atoms with E-state index in [1.165, 1.54) is 18.5 Å². The van der Waals surface area contributed by atoms with E-state index >= 15 is 0 Å². The number of rotatable bonds is 2. The van der Waals surface area contributed by atoms with Crippen LogP contribution in [0.5, 0.6) is 0 Å². The Kier molecular flexibility index (Phi) is 3.65. The van der Waals surface area contributed by atoms with Crippen molar-refractivity contribution in [3.8, 4) is 0 Å². The van der Waals surface area contributed by atoms with Crippen LogP contribution in [0, 0.1) is 0 Å². The zero-order valence-corrected chi connectivity index (χ0v) is 10.6. The molecular formula is C12H17BrN2. The Bertz CT molecular complexity index is 319. The highest BCUT2D eigenvalue weighted by Crippen LogP contribution is 2.23. The Hall–Kier alpha value is -0.540. The van der Waals surface area contributed by atoms with Crippen LogP contribution in [0.3, 0.4) is 0 Å². The van der Waals surface area contributed by atoms with Crippen molar-refractivity contribution in [2.75, 3.05) is 25.0 Å². The van der Waals surface area contributed by atoms with Crippen LogP contribution in [0.15, 0.2) is 28.7 Å². The highest BCUT2D eigenvalue weighted by molar-refractivity contribution is 9.10.